The van der Waals surface area contributed by atoms with Gasteiger partial charge in [0.2, 0.25) is 0 Å². The van der Waals surface area contributed by atoms with Crippen LogP contribution in [0, 0.1) is 6.92 Å². The van der Waals surface area contributed by atoms with Crippen molar-refractivity contribution in [1.29, 1.82) is 0 Å². The van der Waals surface area contributed by atoms with Gasteiger partial charge in [-0.3, -0.25) is 5.43 Å². The normalized spacial score (nSPS) is 11.5. The molecule has 2 N–H and O–H groups in total. The molecule has 1 aromatic heterocycles. The summed E-state index contributed by atoms with van der Waals surface area (Å²) in [6, 6.07) is 14.0. The van der Waals surface area contributed by atoms with Crippen LogP contribution < -0.4 is 20.6 Å². The van der Waals surface area contributed by atoms with Crippen LogP contribution in [0.5, 0.6) is 11.5 Å². The van der Waals surface area contributed by atoms with Gasteiger partial charge < -0.3 is 9.47 Å². The van der Waals surface area contributed by atoms with Crippen LogP contribution in [0.4, 0.5) is 5.82 Å². The summed E-state index contributed by atoms with van der Waals surface area (Å²) in [4.78, 5) is 15.1. The van der Waals surface area contributed by atoms with Gasteiger partial charge in [-0.25, -0.2) is 9.89 Å². The molecule has 3 aromatic rings. The quantitative estimate of drug-likeness (QED) is 0.444. The molecule has 3 rings (SSSR count). The lowest BCUT2D eigenvalue weighted by molar-refractivity contribution is 0.284. The van der Waals surface area contributed by atoms with E-state index in [1.165, 1.54) is 5.56 Å². The summed E-state index contributed by atoms with van der Waals surface area (Å²) in [5.41, 5.74) is 6.00. The van der Waals surface area contributed by atoms with Crippen molar-refractivity contribution >= 4 is 12.0 Å². The van der Waals surface area contributed by atoms with Gasteiger partial charge in [-0.2, -0.15) is 15.2 Å². The number of aromatic amines is 1. The summed E-state index contributed by atoms with van der Waals surface area (Å²) in [6.45, 7) is 8.73. The topological polar surface area (TPSA) is 101 Å². The first-order chi connectivity index (χ1) is 14.8. The third-order valence-corrected chi connectivity index (χ3v) is 4.66. The molecule has 0 aliphatic carbocycles. The predicted octanol–water partition coefficient (Wildman–Crippen LogP) is 3.80. The Kier molecular flexibility index (Phi) is 6.69. The number of rotatable bonds is 7. The number of aromatic nitrogens is 3. The Hall–Kier alpha value is -3.68. The average molecular weight is 422 g/mol. The molecule has 0 saturated heterocycles. The molecule has 2 aromatic carbocycles. The first-order valence-electron chi connectivity index (χ1n) is 9.89. The zero-order valence-corrected chi connectivity index (χ0v) is 18.4. The number of nitrogens with one attached hydrogen (secondary N) is 2. The molecular formula is C23H27N5O3. The number of methoxy groups -OCH3 is 1. The van der Waals surface area contributed by atoms with Gasteiger partial charge in [-0.05, 0) is 47.2 Å². The Bertz CT molecular complexity index is 1120. The van der Waals surface area contributed by atoms with Crippen molar-refractivity contribution in [2.24, 2.45) is 5.10 Å². The second-order valence-corrected chi connectivity index (χ2v) is 8.09. The van der Waals surface area contributed by atoms with Crippen molar-refractivity contribution in [3.05, 3.63) is 75.3 Å². The van der Waals surface area contributed by atoms with E-state index in [9.17, 15) is 4.79 Å². The summed E-state index contributed by atoms with van der Waals surface area (Å²) >= 11 is 0. The Labute approximate surface area is 181 Å². The van der Waals surface area contributed by atoms with Crippen LogP contribution >= 0.6 is 0 Å². The molecular weight excluding hydrogens is 394 g/mol. The van der Waals surface area contributed by atoms with E-state index in [1.807, 2.05) is 18.2 Å². The van der Waals surface area contributed by atoms with Crippen molar-refractivity contribution < 1.29 is 9.47 Å². The highest BCUT2D eigenvalue weighted by Crippen LogP contribution is 2.29. The zero-order valence-electron chi connectivity index (χ0n) is 18.4. The van der Waals surface area contributed by atoms with Crippen LogP contribution in [0.2, 0.25) is 0 Å². The van der Waals surface area contributed by atoms with E-state index in [0.717, 1.165) is 11.1 Å². The molecule has 8 nitrogen and oxygen atoms in total. The third-order valence-electron chi connectivity index (χ3n) is 4.66. The van der Waals surface area contributed by atoms with E-state index in [-0.39, 0.29) is 5.41 Å². The van der Waals surface area contributed by atoms with Gasteiger partial charge >= 0.3 is 5.69 Å². The van der Waals surface area contributed by atoms with Crippen LogP contribution in [0.25, 0.3) is 0 Å². The number of nitrogens with zero attached hydrogens (tertiary/aromatic N) is 3. The molecule has 0 amide bonds. The van der Waals surface area contributed by atoms with Crippen LogP contribution in [0.1, 0.15) is 43.2 Å². The number of ether oxygens (including phenoxy) is 2. The number of anilines is 1. The first-order valence-corrected chi connectivity index (χ1v) is 9.89. The average Bonchev–Trinajstić information content (AvgIpc) is 2.74. The number of aryl methyl sites for hydroxylation is 1. The van der Waals surface area contributed by atoms with E-state index in [0.29, 0.717) is 29.6 Å². The molecule has 0 aliphatic rings. The second-order valence-electron chi connectivity index (χ2n) is 8.09. The monoisotopic (exact) mass is 421 g/mol. The van der Waals surface area contributed by atoms with Crippen LogP contribution in [0.15, 0.2) is 52.4 Å². The molecule has 0 fully saturated rings. The van der Waals surface area contributed by atoms with E-state index in [2.05, 4.69) is 70.7 Å². The summed E-state index contributed by atoms with van der Waals surface area (Å²) in [5.74, 6) is 1.54. The summed E-state index contributed by atoms with van der Waals surface area (Å²) in [7, 11) is 1.59. The minimum Gasteiger partial charge on any atom is -0.493 e. The highest BCUT2D eigenvalue weighted by atomic mass is 16.5. The number of hydrazone groups is 1. The molecule has 0 bridgehead atoms. The lowest BCUT2D eigenvalue weighted by Crippen LogP contribution is -2.15. The van der Waals surface area contributed by atoms with Crippen molar-refractivity contribution in [2.45, 2.75) is 39.7 Å². The molecule has 0 unspecified atom stereocenters. The predicted molar refractivity (Wildman–Crippen MR) is 121 cm³/mol. The van der Waals surface area contributed by atoms with E-state index >= 15 is 0 Å². The fraction of sp³-hybridized carbons (Fsp3) is 0.304. The Morgan fingerprint density at radius 3 is 2.55 bits per heavy atom. The minimum atomic E-state index is -0.542. The van der Waals surface area contributed by atoms with Gasteiger partial charge in [0.1, 0.15) is 12.3 Å². The fourth-order valence-electron chi connectivity index (χ4n) is 2.81. The molecule has 0 atom stereocenters. The highest BCUT2D eigenvalue weighted by Gasteiger charge is 2.13. The molecule has 162 valence electrons. The van der Waals surface area contributed by atoms with Gasteiger partial charge in [-0.1, -0.05) is 45.0 Å². The molecule has 0 spiro atoms. The highest BCUT2D eigenvalue weighted by molar-refractivity contribution is 5.81. The molecule has 31 heavy (non-hydrogen) atoms. The molecule has 0 saturated carbocycles. The second kappa shape index (κ2) is 9.42. The Balaban J connectivity index is 1.65. The van der Waals surface area contributed by atoms with Crippen molar-refractivity contribution in [2.75, 3.05) is 12.5 Å². The number of hydrogen-bond acceptors (Lipinski definition) is 7. The van der Waals surface area contributed by atoms with Crippen molar-refractivity contribution in [1.82, 2.24) is 15.2 Å². The van der Waals surface area contributed by atoms with Crippen LogP contribution in [-0.2, 0) is 12.0 Å². The van der Waals surface area contributed by atoms with Gasteiger partial charge in [0.15, 0.2) is 17.3 Å². The van der Waals surface area contributed by atoms with Gasteiger partial charge in [0, 0.05) is 0 Å². The molecule has 0 aliphatic heterocycles. The number of benzene rings is 2. The maximum Gasteiger partial charge on any atom is 0.363 e. The summed E-state index contributed by atoms with van der Waals surface area (Å²) in [6.07, 6.45) is 1.60. The van der Waals surface area contributed by atoms with E-state index in [4.69, 9.17) is 9.47 Å². The van der Waals surface area contributed by atoms with Gasteiger partial charge in [0.05, 0.1) is 13.3 Å². The van der Waals surface area contributed by atoms with Gasteiger partial charge in [0.25, 0.3) is 0 Å². The molecule has 0 radical (unpaired) electrons. The van der Waals surface area contributed by atoms with Crippen molar-refractivity contribution in [3.8, 4) is 11.5 Å². The minimum absolute atomic E-state index is 0.121. The maximum absolute atomic E-state index is 11.3. The van der Waals surface area contributed by atoms with Crippen LogP contribution in [-0.4, -0.2) is 28.5 Å². The third kappa shape index (κ3) is 5.91. The van der Waals surface area contributed by atoms with Gasteiger partial charge in [-0.15, -0.1) is 0 Å². The zero-order chi connectivity index (χ0) is 22.4. The molecule has 8 heteroatoms. The smallest absolute Gasteiger partial charge is 0.363 e. The lowest BCUT2D eigenvalue weighted by atomic mass is 9.87. The van der Waals surface area contributed by atoms with Crippen molar-refractivity contribution in [3.63, 3.8) is 0 Å². The largest absolute Gasteiger partial charge is 0.493 e. The van der Waals surface area contributed by atoms with E-state index in [1.54, 1.807) is 20.2 Å². The fourth-order valence-corrected chi connectivity index (χ4v) is 2.81. The molecule has 1 heterocycles. The lowest BCUT2D eigenvalue weighted by Gasteiger charge is -2.19. The first kappa shape index (κ1) is 22.0. The van der Waals surface area contributed by atoms with E-state index < -0.39 is 5.69 Å². The summed E-state index contributed by atoms with van der Waals surface area (Å²) < 4.78 is 11.4. The number of hydrogen-bond donors (Lipinski definition) is 2. The SMILES string of the molecule is COc1cc(/C=N\Nc2nc(=O)[nH]nc2C)ccc1OCc1ccc(C(C)(C)C)cc1. The number of H-pyrrole nitrogens is 1. The summed E-state index contributed by atoms with van der Waals surface area (Å²) in [5, 5.41) is 10.2. The standard InChI is InChI=1S/C23H27N5O3/c1-15-21(25-22(29)28-26-15)27-24-13-17-8-11-19(20(12-17)30-5)31-14-16-6-9-18(10-7-16)23(2,3)4/h6-13H,14H2,1-5H3,(H2,25,27,28,29)/b24-13-. The Morgan fingerprint density at radius 2 is 1.87 bits per heavy atom. The van der Waals surface area contributed by atoms with Crippen LogP contribution in [0.3, 0.4) is 0 Å². The maximum atomic E-state index is 11.3. The Morgan fingerprint density at radius 1 is 1.13 bits per heavy atom.